The highest BCUT2D eigenvalue weighted by Crippen LogP contribution is 2.31. The fourth-order valence-corrected chi connectivity index (χ4v) is 3.40. The monoisotopic (exact) mass is 396 g/mol. The van der Waals surface area contributed by atoms with Crippen LogP contribution in [0.1, 0.15) is 30.0 Å². The highest BCUT2D eigenvalue weighted by atomic mass is 19.4. The minimum atomic E-state index is -4.74. The summed E-state index contributed by atoms with van der Waals surface area (Å²) in [5.74, 6) is -1.43. The number of hydrogen-bond donors (Lipinski definition) is 2. The molecule has 0 radical (unpaired) electrons. The average molecular weight is 396 g/mol. The molecule has 0 spiro atoms. The molecule has 8 heteroatoms. The zero-order valence-corrected chi connectivity index (χ0v) is 15.1. The van der Waals surface area contributed by atoms with Gasteiger partial charge in [0.25, 0.3) is 0 Å². The normalized spacial score (nSPS) is 20.6. The van der Waals surface area contributed by atoms with Crippen LogP contribution in [0.2, 0.25) is 0 Å². The molecule has 0 saturated carbocycles. The maximum atomic E-state index is 13.4. The number of amides is 1. The van der Waals surface area contributed by atoms with Crippen LogP contribution in [0.5, 0.6) is 5.75 Å². The molecule has 1 heterocycles. The number of ether oxygens (including phenoxy) is 1. The van der Waals surface area contributed by atoms with Gasteiger partial charge in [-0.05, 0) is 42.3 Å². The molecule has 0 aliphatic carbocycles. The van der Waals surface area contributed by atoms with Crippen LogP contribution in [0.25, 0.3) is 0 Å². The van der Waals surface area contributed by atoms with E-state index < -0.39 is 6.36 Å². The van der Waals surface area contributed by atoms with Gasteiger partial charge in [-0.2, -0.15) is 0 Å². The zero-order valence-electron chi connectivity index (χ0n) is 15.1. The van der Waals surface area contributed by atoms with Gasteiger partial charge >= 0.3 is 6.36 Å². The lowest BCUT2D eigenvalue weighted by atomic mass is 9.88. The van der Waals surface area contributed by atoms with E-state index in [0.717, 1.165) is 5.56 Å². The number of carbonyl (C=O) groups excluding carboxylic acids is 1. The summed E-state index contributed by atoms with van der Waals surface area (Å²) in [5, 5.41) is 6.03. The summed E-state index contributed by atoms with van der Waals surface area (Å²) < 4.78 is 54.1. The first kappa shape index (κ1) is 20.1. The third-order valence-corrected chi connectivity index (χ3v) is 4.80. The Morgan fingerprint density at radius 2 is 1.89 bits per heavy atom. The van der Waals surface area contributed by atoms with Crippen LogP contribution in [-0.4, -0.2) is 25.4 Å². The van der Waals surface area contributed by atoms with Crippen molar-refractivity contribution in [2.75, 3.05) is 13.1 Å². The van der Waals surface area contributed by atoms with Crippen molar-refractivity contribution in [3.05, 3.63) is 65.5 Å². The molecule has 1 amide bonds. The second-order valence-electron chi connectivity index (χ2n) is 6.77. The van der Waals surface area contributed by atoms with E-state index in [-0.39, 0.29) is 35.4 Å². The topological polar surface area (TPSA) is 50.4 Å². The van der Waals surface area contributed by atoms with Gasteiger partial charge in [0, 0.05) is 19.0 Å². The molecule has 150 valence electrons. The van der Waals surface area contributed by atoms with Crippen LogP contribution < -0.4 is 15.4 Å². The molecule has 3 atom stereocenters. The first-order valence-electron chi connectivity index (χ1n) is 8.85. The molecule has 1 saturated heterocycles. The van der Waals surface area contributed by atoms with Crippen molar-refractivity contribution in [2.45, 2.75) is 25.2 Å². The largest absolute Gasteiger partial charge is 0.573 e. The minimum absolute atomic E-state index is 0.181. The van der Waals surface area contributed by atoms with E-state index in [0.29, 0.717) is 18.7 Å². The molecule has 0 bridgehead atoms. The predicted molar refractivity (Wildman–Crippen MR) is 95.2 cm³/mol. The van der Waals surface area contributed by atoms with Gasteiger partial charge < -0.3 is 15.4 Å². The lowest BCUT2D eigenvalue weighted by Gasteiger charge is -2.22. The van der Waals surface area contributed by atoms with E-state index in [2.05, 4.69) is 15.4 Å². The van der Waals surface area contributed by atoms with Crippen LogP contribution in [0.15, 0.2) is 48.5 Å². The summed E-state index contributed by atoms with van der Waals surface area (Å²) in [6.07, 6.45) is -4.74. The van der Waals surface area contributed by atoms with Crippen molar-refractivity contribution >= 4 is 5.91 Å². The van der Waals surface area contributed by atoms with Crippen molar-refractivity contribution in [1.82, 2.24) is 10.6 Å². The number of benzene rings is 2. The summed E-state index contributed by atoms with van der Waals surface area (Å²) in [5.41, 5.74) is 1.41. The average Bonchev–Trinajstić information content (AvgIpc) is 3.11. The van der Waals surface area contributed by atoms with Crippen LogP contribution in [-0.2, 0) is 4.79 Å². The van der Waals surface area contributed by atoms with E-state index >= 15 is 0 Å². The highest BCUT2D eigenvalue weighted by Gasteiger charge is 2.35. The van der Waals surface area contributed by atoms with Gasteiger partial charge in [-0.15, -0.1) is 13.2 Å². The molecule has 1 aliphatic heterocycles. The smallest absolute Gasteiger partial charge is 0.406 e. The maximum absolute atomic E-state index is 13.4. The second kappa shape index (κ2) is 8.18. The Hall–Kier alpha value is -2.61. The molecule has 4 nitrogen and oxygen atoms in total. The second-order valence-corrected chi connectivity index (χ2v) is 6.77. The molecular weight excluding hydrogens is 376 g/mol. The summed E-state index contributed by atoms with van der Waals surface area (Å²) in [7, 11) is 0. The van der Waals surface area contributed by atoms with Gasteiger partial charge in [0.2, 0.25) is 5.91 Å². The molecule has 0 aromatic heterocycles. The number of halogens is 4. The third kappa shape index (κ3) is 5.01. The van der Waals surface area contributed by atoms with E-state index in [9.17, 15) is 22.4 Å². The van der Waals surface area contributed by atoms with Gasteiger partial charge in [0.1, 0.15) is 11.6 Å². The van der Waals surface area contributed by atoms with E-state index in [1.165, 1.54) is 36.4 Å². The number of rotatable bonds is 5. The Bertz CT molecular complexity index is 824. The Balaban J connectivity index is 1.67. The molecule has 2 N–H and O–H groups in total. The lowest BCUT2D eigenvalue weighted by Crippen LogP contribution is -2.36. The van der Waals surface area contributed by atoms with Crippen LogP contribution in [0.4, 0.5) is 17.6 Å². The van der Waals surface area contributed by atoms with E-state index in [4.69, 9.17) is 0 Å². The Morgan fingerprint density at radius 1 is 1.18 bits per heavy atom. The van der Waals surface area contributed by atoms with Gasteiger partial charge in [-0.3, -0.25) is 4.79 Å². The fourth-order valence-electron chi connectivity index (χ4n) is 3.40. The summed E-state index contributed by atoms with van der Waals surface area (Å²) in [6, 6.07) is 11.2. The Kier molecular flexibility index (Phi) is 5.88. The first-order chi connectivity index (χ1) is 13.2. The molecular formula is C20H20F4N2O2. The van der Waals surface area contributed by atoms with Crippen molar-refractivity contribution in [1.29, 1.82) is 0 Å². The summed E-state index contributed by atoms with van der Waals surface area (Å²) in [6.45, 7) is 2.76. The SMILES string of the molecule is C[C@H](NC(=O)[C@@H]1CNC[C@H]1c1ccc(OC(F)(F)F)cc1)c1cccc(F)c1. The van der Waals surface area contributed by atoms with Crippen molar-refractivity contribution < 1.29 is 27.1 Å². The molecule has 2 aromatic rings. The van der Waals surface area contributed by atoms with Crippen LogP contribution in [0, 0.1) is 11.7 Å². The van der Waals surface area contributed by atoms with E-state index in [1.807, 2.05) is 0 Å². The minimum Gasteiger partial charge on any atom is -0.406 e. The lowest BCUT2D eigenvalue weighted by molar-refractivity contribution is -0.274. The number of carbonyl (C=O) groups is 1. The van der Waals surface area contributed by atoms with Gasteiger partial charge in [0.05, 0.1) is 12.0 Å². The van der Waals surface area contributed by atoms with Gasteiger partial charge in [-0.1, -0.05) is 24.3 Å². The molecule has 1 fully saturated rings. The van der Waals surface area contributed by atoms with Crippen LogP contribution in [0.3, 0.4) is 0 Å². The van der Waals surface area contributed by atoms with Gasteiger partial charge in [0.15, 0.2) is 0 Å². The van der Waals surface area contributed by atoms with Crippen molar-refractivity contribution in [3.63, 3.8) is 0 Å². The highest BCUT2D eigenvalue weighted by molar-refractivity contribution is 5.81. The third-order valence-electron chi connectivity index (χ3n) is 4.80. The Morgan fingerprint density at radius 3 is 2.54 bits per heavy atom. The molecule has 3 rings (SSSR count). The summed E-state index contributed by atoms with van der Waals surface area (Å²) in [4.78, 5) is 12.7. The first-order valence-corrected chi connectivity index (χ1v) is 8.85. The van der Waals surface area contributed by atoms with Gasteiger partial charge in [-0.25, -0.2) is 4.39 Å². The molecule has 1 aliphatic rings. The van der Waals surface area contributed by atoms with E-state index in [1.54, 1.807) is 19.1 Å². The fraction of sp³-hybridized carbons (Fsp3) is 0.350. The Labute approximate surface area is 159 Å². The number of alkyl halides is 3. The van der Waals surface area contributed by atoms with Crippen molar-refractivity contribution in [3.8, 4) is 5.75 Å². The maximum Gasteiger partial charge on any atom is 0.573 e. The molecule has 0 unspecified atom stereocenters. The van der Waals surface area contributed by atoms with Crippen LogP contribution >= 0.6 is 0 Å². The number of nitrogens with one attached hydrogen (secondary N) is 2. The predicted octanol–water partition coefficient (Wildman–Crippen LogP) is 3.90. The number of hydrogen-bond acceptors (Lipinski definition) is 3. The molecule has 2 aromatic carbocycles. The standard InChI is InChI=1S/C20H20F4N2O2/c1-12(14-3-2-4-15(21)9-14)26-19(27)18-11-25-10-17(18)13-5-7-16(8-6-13)28-20(22,23)24/h2-9,12,17-18,25H,10-11H2,1H3,(H,26,27)/t12-,17-,18+/m0/s1. The van der Waals surface area contributed by atoms with Crippen molar-refractivity contribution in [2.24, 2.45) is 5.92 Å². The molecule has 28 heavy (non-hydrogen) atoms. The quantitative estimate of drug-likeness (QED) is 0.754. The zero-order chi connectivity index (χ0) is 20.3. The summed E-state index contributed by atoms with van der Waals surface area (Å²) >= 11 is 0.